The fourth-order valence-electron chi connectivity index (χ4n) is 1.78. The third kappa shape index (κ3) is 13.8. The van der Waals surface area contributed by atoms with Crippen LogP contribution in [0.2, 0.25) is 0 Å². The van der Waals surface area contributed by atoms with Gasteiger partial charge in [-0.15, -0.1) is 0 Å². The van der Waals surface area contributed by atoms with Crippen LogP contribution >= 0.6 is 15.9 Å². The Labute approximate surface area is 112 Å². The summed E-state index contributed by atoms with van der Waals surface area (Å²) in [6, 6.07) is 0. The van der Waals surface area contributed by atoms with E-state index < -0.39 is 12.1 Å². The van der Waals surface area contributed by atoms with Crippen molar-refractivity contribution in [3.63, 3.8) is 0 Å². The molecule has 0 spiro atoms. The summed E-state index contributed by atoms with van der Waals surface area (Å²) in [4.78, 5) is 10.3. The lowest BCUT2D eigenvalue weighted by molar-refractivity contribution is -0.137. The molecule has 1 atom stereocenters. The molecule has 0 saturated heterocycles. The van der Waals surface area contributed by atoms with Crippen LogP contribution in [-0.4, -0.2) is 22.6 Å². The van der Waals surface area contributed by atoms with Crippen molar-refractivity contribution in [3.8, 4) is 0 Å². The van der Waals surface area contributed by atoms with Crippen LogP contribution in [0.1, 0.15) is 64.2 Å². The number of carboxylic acid groups (broad SMARTS) is 1. The van der Waals surface area contributed by atoms with Gasteiger partial charge in [-0.2, -0.15) is 0 Å². The SMILES string of the molecule is O=C(O)CCCCCCCCCC[C@@H](F)CBr. The second-order valence-corrected chi connectivity index (χ2v) is 5.16. The predicted octanol–water partition coefficient (Wildman–Crippen LogP) is 4.71. The van der Waals surface area contributed by atoms with Crippen molar-refractivity contribution >= 4 is 21.9 Å². The Morgan fingerprint density at radius 3 is 1.94 bits per heavy atom. The fraction of sp³-hybridized carbons (Fsp3) is 0.923. The highest BCUT2D eigenvalue weighted by Gasteiger charge is 2.02. The van der Waals surface area contributed by atoms with E-state index in [-0.39, 0.29) is 0 Å². The lowest BCUT2D eigenvalue weighted by Crippen LogP contribution is -2.00. The van der Waals surface area contributed by atoms with E-state index in [1.165, 1.54) is 19.3 Å². The maximum Gasteiger partial charge on any atom is 0.303 e. The van der Waals surface area contributed by atoms with E-state index in [1.807, 2.05) is 0 Å². The normalized spacial score (nSPS) is 12.6. The molecular formula is C13H24BrFO2. The molecule has 102 valence electrons. The maximum atomic E-state index is 12.8. The van der Waals surface area contributed by atoms with Crippen LogP contribution in [0.4, 0.5) is 4.39 Å². The van der Waals surface area contributed by atoms with Crippen LogP contribution in [0.15, 0.2) is 0 Å². The molecule has 0 aromatic heterocycles. The van der Waals surface area contributed by atoms with Crippen LogP contribution in [0.25, 0.3) is 0 Å². The predicted molar refractivity (Wildman–Crippen MR) is 72.5 cm³/mol. The molecule has 0 aromatic rings. The number of carbonyl (C=O) groups is 1. The topological polar surface area (TPSA) is 37.3 Å². The van der Waals surface area contributed by atoms with E-state index in [1.54, 1.807) is 0 Å². The van der Waals surface area contributed by atoms with Crippen molar-refractivity contribution in [3.05, 3.63) is 0 Å². The molecule has 0 rings (SSSR count). The van der Waals surface area contributed by atoms with E-state index >= 15 is 0 Å². The van der Waals surface area contributed by atoms with E-state index in [9.17, 15) is 9.18 Å². The first-order valence-corrected chi connectivity index (χ1v) is 7.70. The second kappa shape index (κ2) is 12.3. The number of unbranched alkanes of at least 4 members (excludes halogenated alkanes) is 7. The Bertz CT molecular complexity index is 188. The molecule has 17 heavy (non-hydrogen) atoms. The lowest BCUT2D eigenvalue weighted by Gasteiger charge is -2.04. The Morgan fingerprint density at radius 2 is 1.47 bits per heavy atom. The summed E-state index contributed by atoms with van der Waals surface area (Å²) >= 11 is 3.13. The first-order chi connectivity index (χ1) is 8.16. The summed E-state index contributed by atoms with van der Waals surface area (Å²) in [5, 5.41) is 8.90. The number of carboxylic acids is 1. The summed E-state index contributed by atoms with van der Waals surface area (Å²) in [5.41, 5.74) is 0. The Hall–Kier alpha value is -0.120. The van der Waals surface area contributed by atoms with Crippen molar-refractivity contribution in [1.82, 2.24) is 0 Å². The minimum Gasteiger partial charge on any atom is -0.481 e. The standard InChI is InChI=1S/C13H24BrFO2/c14-11-12(15)9-7-5-3-1-2-4-6-8-10-13(16)17/h12H,1-11H2,(H,16,17)/t12-/m1/s1. The summed E-state index contributed by atoms with van der Waals surface area (Å²) in [6.45, 7) is 0. The Kier molecular flexibility index (Phi) is 12.3. The third-order valence-corrected chi connectivity index (χ3v) is 3.53. The Morgan fingerprint density at radius 1 is 1.00 bits per heavy atom. The minimum atomic E-state index is -0.697. The van der Waals surface area contributed by atoms with Crippen LogP contribution in [0, 0.1) is 0 Å². The summed E-state index contributed by atoms with van der Waals surface area (Å²) in [6.07, 6.45) is 8.85. The van der Waals surface area contributed by atoms with Crippen LogP contribution < -0.4 is 0 Å². The summed E-state index contributed by atoms with van der Waals surface area (Å²) in [5.74, 6) is -0.697. The molecule has 0 aliphatic heterocycles. The number of hydrogen-bond acceptors (Lipinski definition) is 1. The molecule has 0 radical (unpaired) electrons. The van der Waals surface area contributed by atoms with Gasteiger partial charge in [0.1, 0.15) is 6.17 Å². The average Bonchev–Trinajstić information content (AvgIpc) is 2.30. The van der Waals surface area contributed by atoms with Gasteiger partial charge < -0.3 is 5.11 Å². The molecule has 4 heteroatoms. The zero-order chi connectivity index (χ0) is 12.9. The van der Waals surface area contributed by atoms with Crippen molar-refractivity contribution in [2.24, 2.45) is 0 Å². The van der Waals surface area contributed by atoms with E-state index in [2.05, 4.69) is 15.9 Å². The molecule has 0 amide bonds. The molecule has 0 saturated carbocycles. The molecule has 0 heterocycles. The van der Waals surface area contributed by atoms with Crippen LogP contribution in [-0.2, 0) is 4.79 Å². The van der Waals surface area contributed by atoms with Gasteiger partial charge in [0.2, 0.25) is 0 Å². The van der Waals surface area contributed by atoms with E-state index in [0.29, 0.717) is 18.2 Å². The fourth-order valence-corrected chi connectivity index (χ4v) is 2.10. The van der Waals surface area contributed by atoms with E-state index in [4.69, 9.17) is 5.11 Å². The van der Waals surface area contributed by atoms with E-state index in [0.717, 1.165) is 32.1 Å². The molecule has 0 bridgehead atoms. The monoisotopic (exact) mass is 310 g/mol. The Balaban J connectivity index is 3.01. The highest BCUT2D eigenvalue weighted by Crippen LogP contribution is 2.13. The van der Waals surface area contributed by atoms with Crippen molar-refractivity contribution in [2.75, 3.05) is 5.33 Å². The smallest absolute Gasteiger partial charge is 0.303 e. The van der Waals surface area contributed by atoms with Gasteiger partial charge in [0.15, 0.2) is 0 Å². The van der Waals surface area contributed by atoms with Gasteiger partial charge >= 0.3 is 5.97 Å². The van der Waals surface area contributed by atoms with Gasteiger partial charge in [0.25, 0.3) is 0 Å². The first kappa shape index (κ1) is 16.9. The highest BCUT2D eigenvalue weighted by molar-refractivity contribution is 9.09. The largest absolute Gasteiger partial charge is 0.481 e. The van der Waals surface area contributed by atoms with Crippen molar-refractivity contribution in [1.29, 1.82) is 0 Å². The summed E-state index contributed by atoms with van der Waals surface area (Å²) in [7, 11) is 0. The zero-order valence-electron chi connectivity index (χ0n) is 10.5. The molecule has 2 nitrogen and oxygen atoms in total. The average molecular weight is 311 g/mol. The summed E-state index contributed by atoms with van der Waals surface area (Å²) < 4.78 is 12.8. The first-order valence-electron chi connectivity index (χ1n) is 6.58. The molecule has 0 unspecified atom stereocenters. The van der Waals surface area contributed by atoms with Gasteiger partial charge in [0, 0.05) is 11.8 Å². The number of alkyl halides is 2. The van der Waals surface area contributed by atoms with Gasteiger partial charge in [-0.25, -0.2) is 4.39 Å². The quantitative estimate of drug-likeness (QED) is 0.419. The van der Waals surface area contributed by atoms with Gasteiger partial charge in [-0.3, -0.25) is 4.79 Å². The molecular weight excluding hydrogens is 287 g/mol. The second-order valence-electron chi connectivity index (χ2n) is 4.51. The lowest BCUT2D eigenvalue weighted by atomic mass is 10.1. The molecule has 1 N–H and O–H groups in total. The molecule has 0 aliphatic rings. The zero-order valence-corrected chi connectivity index (χ0v) is 12.1. The van der Waals surface area contributed by atoms with Gasteiger partial charge in [-0.1, -0.05) is 60.9 Å². The van der Waals surface area contributed by atoms with Gasteiger partial charge in [0.05, 0.1) is 0 Å². The van der Waals surface area contributed by atoms with Crippen molar-refractivity contribution < 1.29 is 14.3 Å². The maximum absolute atomic E-state index is 12.8. The minimum absolute atomic E-state index is 0.296. The van der Waals surface area contributed by atoms with Crippen molar-refractivity contribution in [2.45, 2.75) is 70.4 Å². The number of rotatable bonds is 12. The molecule has 0 aliphatic carbocycles. The van der Waals surface area contributed by atoms with Gasteiger partial charge in [-0.05, 0) is 12.8 Å². The molecule has 0 aromatic carbocycles. The number of aliphatic carboxylic acids is 1. The number of hydrogen-bond donors (Lipinski definition) is 1. The van der Waals surface area contributed by atoms with Crippen LogP contribution in [0.3, 0.4) is 0 Å². The third-order valence-electron chi connectivity index (χ3n) is 2.83. The number of halogens is 2. The molecule has 0 fully saturated rings. The highest BCUT2D eigenvalue weighted by atomic mass is 79.9. The van der Waals surface area contributed by atoms with Crippen LogP contribution in [0.5, 0.6) is 0 Å².